The Balaban J connectivity index is 1.67. The van der Waals surface area contributed by atoms with Crippen LogP contribution < -0.4 is 15.4 Å². The van der Waals surface area contributed by atoms with Crippen LogP contribution in [0.25, 0.3) is 0 Å². The normalized spacial score (nSPS) is 10.1. The van der Waals surface area contributed by atoms with Crippen molar-refractivity contribution in [2.45, 2.75) is 6.54 Å². The van der Waals surface area contributed by atoms with Gasteiger partial charge in [0.15, 0.2) is 5.82 Å². The molecule has 116 valence electrons. The Hall–Kier alpha value is -3.22. The predicted octanol–water partition coefficient (Wildman–Crippen LogP) is 2.63. The molecule has 0 amide bonds. The average molecular weight is 308 g/mol. The molecule has 3 aromatic rings. The van der Waals surface area contributed by atoms with E-state index in [-0.39, 0.29) is 0 Å². The van der Waals surface area contributed by atoms with Gasteiger partial charge in [-0.25, -0.2) is 0 Å². The topological polar surface area (TPSA) is 84.9 Å². The monoisotopic (exact) mass is 308 g/mol. The van der Waals surface area contributed by atoms with Gasteiger partial charge in [-0.05, 0) is 29.8 Å². The van der Waals surface area contributed by atoms with Crippen LogP contribution in [0.15, 0.2) is 55.0 Å². The number of aromatic nitrogens is 4. The molecule has 2 heterocycles. The van der Waals surface area contributed by atoms with Crippen LogP contribution in [0, 0.1) is 0 Å². The molecule has 1 aromatic carbocycles. The molecule has 0 saturated carbocycles. The fourth-order valence-corrected chi connectivity index (χ4v) is 1.97. The third kappa shape index (κ3) is 4.13. The lowest BCUT2D eigenvalue weighted by atomic mass is 10.3. The van der Waals surface area contributed by atoms with Crippen LogP contribution >= 0.6 is 0 Å². The number of pyridine rings is 1. The number of rotatable bonds is 6. The fraction of sp³-hybridized carbons (Fsp3) is 0.125. The van der Waals surface area contributed by atoms with Crippen molar-refractivity contribution in [3.63, 3.8) is 0 Å². The molecule has 2 N–H and O–H groups in total. The first-order chi connectivity index (χ1) is 11.3. The van der Waals surface area contributed by atoms with E-state index in [9.17, 15) is 0 Å². The second kappa shape index (κ2) is 7.17. The van der Waals surface area contributed by atoms with E-state index in [1.165, 1.54) is 0 Å². The van der Waals surface area contributed by atoms with Crippen molar-refractivity contribution in [2.24, 2.45) is 0 Å². The summed E-state index contributed by atoms with van der Waals surface area (Å²) in [4.78, 5) is 8.37. The number of ether oxygens (including phenoxy) is 1. The van der Waals surface area contributed by atoms with Crippen molar-refractivity contribution in [1.29, 1.82) is 0 Å². The van der Waals surface area contributed by atoms with Crippen LogP contribution in [0.2, 0.25) is 0 Å². The van der Waals surface area contributed by atoms with Crippen LogP contribution in [-0.2, 0) is 6.54 Å². The maximum Gasteiger partial charge on any atom is 0.244 e. The van der Waals surface area contributed by atoms with E-state index in [1.54, 1.807) is 25.7 Å². The summed E-state index contributed by atoms with van der Waals surface area (Å²) in [7, 11) is 1.63. The maximum absolute atomic E-state index is 5.20. The van der Waals surface area contributed by atoms with Gasteiger partial charge in [0.25, 0.3) is 0 Å². The SMILES string of the molecule is COc1cccc(Nc2cnnc(NCc3ccncc3)n2)c1. The van der Waals surface area contributed by atoms with E-state index in [0.29, 0.717) is 18.3 Å². The summed E-state index contributed by atoms with van der Waals surface area (Å²) in [6, 6.07) is 11.4. The number of hydrogen-bond donors (Lipinski definition) is 2. The molecular formula is C16H16N6O. The molecule has 23 heavy (non-hydrogen) atoms. The minimum Gasteiger partial charge on any atom is -0.497 e. The fourth-order valence-electron chi connectivity index (χ4n) is 1.97. The van der Waals surface area contributed by atoms with Crippen molar-refractivity contribution in [1.82, 2.24) is 20.2 Å². The van der Waals surface area contributed by atoms with E-state index < -0.39 is 0 Å². The highest BCUT2D eigenvalue weighted by Gasteiger charge is 2.02. The van der Waals surface area contributed by atoms with Crippen molar-refractivity contribution < 1.29 is 4.74 Å². The van der Waals surface area contributed by atoms with Gasteiger partial charge in [-0.15, -0.1) is 5.10 Å². The van der Waals surface area contributed by atoms with Gasteiger partial charge in [0.1, 0.15) is 5.75 Å². The first-order valence-corrected chi connectivity index (χ1v) is 7.07. The molecule has 0 atom stereocenters. The second-order valence-corrected chi connectivity index (χ2v) is 4.73. The van der Waals surface area contributed by atoms with Crippen LogP contribution in [0.4, 0.5) is 17.5 Å². The smallest absolute Gasteiger partial charge is 0.244 e. The molecule has 0 radical (unpaired) electrons. The summed E-state index contributed by atoms with van der Waals surface area (Å²) < 4.78 is 5.20. The molecule has 0 aliphatic carbocycles. The number of benzene rings is 1. The maximum atomic E-state index is 5.20. The predicted molar refractivity (Wildman–Crippen MR) is 87.7 cm³/mol. The van der Waals surface area contributed by atoms with Gasteiger partial charge in [-0.3, -0.25) is 4.98 Å². The Labute approximate surface area is 133 Å². The molecule has 7 nitrogen and oxygen atoms in total. The summed E-state index contributed by atoms with van der Waals surface area (Å²) in [6.45, 7) is 0.604. The van der Waals surface area contributed by atoms with E-state index >= 15 is 0 Å². The van der Waals surface area contributed by atoms with Crippen molar-refractivity contribution in [3.05, 3.63) is 60.6 Å². The number of hydrogen-bond acceptors (Lipinski definition) is 7. The molecule has 0 bridgehead atoms. The second-order valence-electron chi connectivity index (χ2n) is 4.73. The highest BCUT2D eigenvalue weighted by atomic mass is 16.5. The lowest BCUT2D eigenvalue weighted by molar-refractivity contribution is 0.415. The summed E-state index contributed by atoms with van der Waals surface area (Å²) >= 11 is 0. The third-order valence-corrected chi connectivity index (χ3v) is 3.10. The highest BCUT2D eigenvalue weighted by Crippen LogP contribution is 2.20. The Bertz CT molecular complexity index is 765. The van der Waals surface area contributed by atoms with Crippen molar-refractivity contribution in [2.75, 3.05) is 17.7 Å². The first-order valence-electron chi connectivity index (χ1n) is 7.07. The molecule has 0 spiro atoms. The molecule has 0 saturated heterocycles. The Morgan fingerprint density at radius 2 is 2.00 bits per heavy atom. The summed E-state index contributed by atoms with van der Waals surface area (Å²) in [6.07, 6.45) is 5.06. The van der Waals surface area contributed by atoms with Gasteiger partial charge in [0.05, 0.1) is 13.3 Å². The van der Waals surface area contributed by atoms with Gasteiger partial charge < -0.3 is 15.4 Å². The molecule has 0 unspecified atom stereocenters. The molecule has 7 heteroatoms. The van der Waals surface area contributed by atoms with Crippen LogP contribution in [0.3, 0.4) is 0 Å². The number of methoxy groups -OCH3 is 1. The lowest BCUT2D eigenvalue weighted by Gasteiger charge is -2.08. The van der Waals surface area contributed by atoms with E-state index in [0.717, 1.165) is 17.0 Å². The molecule has 0 aliphatic rings. The zero-order valence-corrected chi connectivity index (χ0v) is 12.6. The number of nitrogens with one attached hydrogen (secondary N) is 2. The van der Waals surface area contributed by atoms with Crippen LogP contribution in [-0.4, -0.2) is 27.3 Å². The van der Waals surface area contributed by atoms with Gasteiger partial charge in [-0.1, -0.05) is 6.07 Å². The van der Waals surface area contributed by atoms with E-state index in [4.69, 9.17) is 4.74 Å². The molecule has 2 aromatic heterocycles. The van der Waals surface area contributed by atoms with Crippen LogP contribution in [0.5, 0.6) is 5.75 Å². The molecule has 0 fully saturated rings. The largest absolute Gasteiger partial charge is 0.497 e. The first kappa shape index (κ1) is 14.7. The van der Waals surface area contributed by atoms with Gasteiger partial charge >= 0.3 is 0 Å². The Kier molecular flexibility index (Phi) is 4.58. The number of anilines is 3. The van der Waals surface area contributed by atoms with Crippen molar-refractivity contribution in [3.8, 4) is 5.75 Å². The summed E-state index contributed by atoms with van der Waals surface area (Å²) in [5.41, 5.74) is 1.96. The molecule has 0 aliphatic heterocycles. The number of nitrogens with zero attached hydrogens (tertiary/aromatic N) is 4. The lowest BCUT2D eigenvalue weighted by Crippen LogP contribution is -2.06. The van der Waals surface area contributed by atoms with Crippen molar-refractivity contribution >= 4 is 17.5 Å². The van der Waals surface area contributed by atoms with Gasteiger partial charge in [0, 0.05) is 30.7 Å². The summed E-state index contributed by atoms with van der Waals surface area (Å²) in [5, 5.41) is 14.2. The zero-order chi connectivity index (χ0) is 15.9. The van der Waals surface area contributed by atoms with Gasteiger partial charge in [-0.2, -0.15) is 10.1 Å². The molecular weight excluding hydrogens is 292 g/mol. The Morgan fingerprint density at radius 3 is 2.83 bits per heavy atom. The highest BCUT2D eigenvalue weighted by molar-refractivity contribution is 5.58. The molecule has 3 rings (SSSR count). The Morgan fingerprint density at radius 1 is 1.13 bits per heavy atom. The van der Waals surface area contributed by atoms with E-state index in [2.05, 4.69) is 30.8 Å². The minimum atomic E-state index is 0.453. The average Bonchev–Trinajstić information content (AvgIpc) is 2.61. The minimum absolute atomic E-state index is 0.453. The standard InChI is InChI=1S/C16H16N6O/c1-23-14-4-2-3-13(9-14)20-15-11-19-22-16(21-15)18-10-12-5-7-17-8-6-12/h2-9,11H,10H2,1H3,(H2,18,20,21,22). The van der Waals surface area contributed by atoms with E-state index in [1.807, 2.05) is 36.4 Å². The third-order valence-electron chi connectivity index (χ3n) is 3.10. The quantitative estimate of drug-likeness (QED) is 0.724. The zero-order valence-electron chi connectivity index (χ0n) is 12.6. The van der Waals surface area contributed by atoms with Gasteiger partial charge in [0.2, 0.25) is 5.95 Å². The van der Waals surface area contributed by atoms with Crippen LogP contribution in [0.1, 0.15) is 5.56 Å². The summed E-state index contributed by atoms with van der Waals surface area (Å²) in [5.74, 6) is 1.83.